The van der Waals surface area contributed by atoms with Gasteiger partial charge in [-0.25, -0.2) is 4.79 Å². The predicted molar refractivity (Wildman–Crippen MR) is 131 cm³/mol. The fourth-order valence-electron chi connectivity index (χ4n) is 3.86. The minimum Gasteiger partial charge on any atom is -0.496 e. The van der Waals surface area contributed by atoms with Gasteiger partial charge in [0.1, 0.15) is 23.5 Å². The SMILES string of the molecule is COc1cc2nccc(Oc3ccc(NC(=O)NC4CC4)c(Cl)c3)c2cc1C(=O)NC1CCCO1. The lowest BCUT2D eigenvalue weighted by atomic mass is 10.1. The first-order valence-electron chi connectivity index (χ1n) is 11.4. The lowest BCUT2D eigenvalue weighted by Gasteiger charge is -2.16. The number of pyridine rings is 1. The quantitative estimate of drug-likeness (QED) is 0.431. The average Bonchev–Trinajstić information content (AvgIpc) is 3.51. The van der Waals surface area contributed by atoms with Crippen molar-refractivity contribution in [2.75, 3.05) is 19.0 Å². The topological polar surface area (TPSA) is 111 Å². The van der Waals surface area contributed by atoms with Crippen LogP contribution in [0.5, 0.6) is 17.2 Å². The second-order valence-electron chi connectivity index (χ2n) is 8.47. The number of urea groups is 1. The lowest BCUT2D eigenvalue weighted by Crippen LogP contribution is -2.34. The van der Waals surface area contributed by atoms with Gasteiger partial charge in [0.15, 0.2) is 0 Å². The maximum absolute atomic E-state index is 12.9. The van der Waals surface area contributed by atoms with Gasteiger partial charge >= 0.3 is 6.03 Å². The van der Waals surface area contributed by atoms with Crippen LogP contribution in [0.2, 0.25) is 5.02 Å². The molecule has 1 atom stereocenters. The summed E-state index contributed by atoms with van der Waals surface area (Å²) in [5, 5.41) is 9.46. The van der Waals surface area contributed by atoms with Crippen LogP contribution in [-0.2, 0) is 4.74 Å². The lowest BCUT2D eigenvalue weighted by molar-refractivity contribution is 0.0638. The largest absolute Gasteiger partial charge is 0.496 e. The molecule has 35 heavy (non-hydrogen) atoms. The van der Waals surface area contributed by atoms with Crippen molar-refractivity contribution >= 4 is 40.1 Å². The number of carbonyl (C=O) groups is 2. The zero-order valence-electron chi connectivity index (χ0n) is 19.1. The van der Waals surface area contributed by atoms with Crippen molar-refractivity contribution in [3.05, 3.63) is 53.2 Å². The van der Waals surface area contributed by atoms with Gasteiger partial charge in [-0.2, -0.15) is 0 Å². The van der Waals surface area contributed by atoms with Crippen LogP contribution in [0.15, 0.2) is 42.6 Å². The van der Waals surface area contributed by atoms with Crippen LogP contribution < -0.4 is 25.4 Å². The van der Waals surface area contributed by atoms with E-state index in [0.717, 1.165) is 25.7 Å². The maximum atomic E-state index is 12.9. The molecular weight excluding hydrogens is 472 g/mol. The number of ether oxygens (including phenoxy) is 3. The Morgan fingerprint density at radius 3 is 2.66 bits per heavy atom. The van der Waals surface area contributed by atoms with Crippen LogP contribution in [0.1, 0.15) is 36.0 Å². The third kappa shape index (κ3) is 5.41. The van der Waals surface area contributed by atoms with Crippen LogP contribution in [0.3, 0.4) is 0 Å². The van der Waals surface area contributed by atoms with Gasteiger partial charge in [-0.1, -0.05) is 11.6 Å². The van der Waals surface area contributed by atoms with Crippen LogP contribution in [0.4, 0.5) is 10.5 Å². The highest BCUT2D eigenvalue weighted by atomic mass is 35.5. The Morgan fingerprint density at radius 1 is 1.09 bits per heavy atom. The monoisotopic (exact) mass is 496 g/mol. The van der Waals surface area contributed by atoms with E-state index in [9.17, 15) is 9.59 Å². The van der Waals surface area contributed by atoms with Crippen molar-refractivity contribution in [3.63, 3.8) is 0 Å². The molecule has 2 fully saturated rings. The smallest absolute Gasteiger partial charge is 0.319 e. The van der Waals surface area contributed by atoms with Crippen molar-refractivity contribution in [1.82, 2.24) is 15.6 Å². The number of amides is 3. The summed E-state index contributed by atoms with van der Waals surface area (Å²) in [4.78, 5) is 29.4. The fourth-order valence-corrected chi connectivity index (χ4v) is 4.08. The van der Waals surface area contributed by atoms with Gasteiger partial charge < -0.3 is 30.2 Å². The number of hydrogen-bond donors (Lipinski definition) is 3. The second kappa shape index (κ2) is 9.97. The Bertz CT molecular complexity index is 1270. The molecule has 10 heteroatoms. The Balaban J connectivity index is 1.39. The highest BCUT2D eigenvalue weighted by molar-refractivity contribution is 6.33. The Kier molecular flexibility index (Phi) is 6.61. The van der Waals surface area contributed by atoms with E-state index in [0.29, 0.717) is 51.0 Å². The van der Waals surface area contributed by atoms with E-state index in [1.165, 1.54) is 7.11 Å². The fraction of sp³-hybridized carbons (Fsp3) is 0.320. The highest BCUT2D eigenvalue weighted by Gasteiger charge is 2.24. The summed E-state index contributed by atoms with van der Waals surface area (Å²) in [5.74, 6) is 1.07. The molecule has 1 aromatic heterocycles. The minimum absolute atomic E-state index is 0.243. The number of methoxy groups -OCH3 is 1. The van der Waals surface area contributed by atoms with E-state index in [1.807, 2.05) is 0 Å². The number of fused-ring (bicyclic) bond motifs is 1. The average molecular weight is 497 g/mol. The standard InChI is InChI=1S/C25H25ClN4O5/c1-33-22-13-20-16(12-17(22)24(31)30-23-3-2-10-34-23)21(8-9-27-20)35-15-6-7-19(18(26)11-15)29-25(32)28-14-4-5-14/h6-9,11-14,23H,2-5,10H2,1H3,(H,30,31)(H2,28,29,32). The molecule has 2 aliphatic rings. The molecule has 3 amide bonds. The van der Waals surface area contributed by atoms with E-state index in [-0.39, 0.29) is 24.2 Å². The minimum atomic E-state index is -0.312. The number of hydrogen-bond acceptors (Lipinski definition) is 6. The summed E-state index contributed by atoms with van der Waals surface area (Å²) < 4.78 is 17.1. The predicted octanol–water partition coefficient (Wildman–Crippen LogP) is 4.84. The van der Waals surface area contributed by atoms with E-state index in [2.05, 4.69) is 20.9 Å². The van der Waals surface area contributed by atoms with Gasteiger partial charge in [0.05, 0.1) is 28.9 Å². The normalized spacial score (nSPS) is 17.1. The number of nitrogens with one attached hydrogen (secondary N) is 3. The maximum Gasteiger partial charge on any atom is 0.319 e. The molecule has 3 N–H and O–H groups in total. The molecule has 1 aliphatic heterocycles. The summed E-state index contributed by atoms with van der Waals surface area (Å²) in [6, 6.07) is 10.1. The van der Waals surface area contributed by atoms with Crippen LogP contribution in [0, 0.1) is 0 Å². The second-order valence-corrected chi connectivity index (χ2v) is 8.88. The number of aromatic nitrogens is 1. The van der Waals surface area contributed by atoms with Crippen LogP contribution >= 0.6 is 11.6 Å². The molecule has 2 aromatic carbocycles. The molecule has 5 rings (SSSR count). The van der Waals surface area contributed by atoms with Crippen molar-refractivity contribution in [1.29, 1.82) is 0 Å². The number of benzene rings is 2. The van der Waals surface area contributed by atoms with Crippen molar-refractivity contribution in [3.8, 4) is 17.2 Å². The van der Waals surface area contributed by atoms with Gasteiger partial charge in [-0.05, 0) is 49.9 Å². The number of halogens is 1. The Hall–Kier alpha value is -3.56. The molecule has 1 saturated carbocycles. The highest BCUT2D eigenvalue weighted by Crippen LogP contribution is 2.35. The van der Waals surface area contributed by atoms with Crippen molar-refractivity contribution < 1.29 is 23.8 Å². The molecule has 182 valence electrons. The van der Waals surface area contributed by atoms with E-state index in [4.69, 9.17) is 25.8 Å². The third-order valence-corrected chi connectivity index (χ3v) is 6.13. The first kappa shape index (κ1) is 23.2. The summed E-state index contributed by atoms with van der Waals surface area (Å²) in [7, 11) is 1.51. The number of nitrogens with zero attached hydrogens (tertiary/aromatic N) is 1. The zero-order chi connectivity index (χ0) is 24.4. The van der Waals surface area contributed by atoms with Gasteiger partial charge in [0.25, 0.3) is 5.91 Å². The van der Waals surface area contributed by atoms with Crippen LogP contribution in [0.25, 0.3) is 10.9 Å². The Labute approximate surface area is 207 Å². The molecule has 1 saturated heterocycles. The molecule has 3 aromatic rings. The summed E-state index contributed by atoms with van der Waals surface area (Å²) in [5.41, 5.74) is 1.44. The van der Waals surface area contributed by atoms with Gasteiger partial charge in [-0.3, -0.25) is 9.78 Å². The molecule has 1 aliphatic carbocycles. The summed E-state index contributed by atoms with van der Waals surface area (Å²) in [6.45, 7) is 0.629. The molecule has 0 radical (unpaired) electrons. The van der Waals surface area contributed by atoms with Crippen molar-refractivity contribution in [2.45, 2.75) is 38.0 Å². The molecule has 9 nitrogen and oxygen atoms in total. The molecule has 0 bridgehead atoms. The van der Waals surface area contributed by atoms with Gasteiger partial charge in [0.2, 0.25) is 0 Å². The Morgan fingerprint density at radius 2 is 1.94 bits per heavy atom. The first-order valence-corrected chi connectivity index (χ1v) is 11.8. The van der Waals surface area contributed by atoms with Crippen LogP contribution in [-0.4, -0.2) is 42.9 Å². The summed E-state index contributed by atoms with van der Waals surface area (Å²) >= 11 is 6.38. The zero-order valence-corrected chi connectivity index (χ0v) is 19.9. The van der Waals surface area contributed by atoms with Gasteiger partial charge in [-0.15, -0.1) is 0 Å². The van der Waals surface area contributed by atoms with E-state index in [1.54, 1.807) is 42.6 Å². The third-order valence-electron chi connectivity index (χ3n) is 5.82. The van der Waals surface area contributed by atoms with E-state index >= 15 is 0 Å². The van der Waals surface area contributed by atoms with E-state index < -0.39 is 0 Å². The van der Waals surface area contributed by atoms with Crippen molar-refractivity contribution in [2.24, 2.45) is 0 Å². The van der Waals surface area contributed by atoms with Gasteiger partial charge in [0, 0.05) is 36.4 Å². The molecule has 1 unspecified atom stereocenters. The summed E-state index contributed by atoms with van der Waals surface area (Å²) in [6.07, 6.45) is 4.97. The molecule has 0 spiro atoms. The number of rotatable bonds is 7. The number of carbonyl (C=O) groups excluding carboxylic acids is 2. The first-order chi connectivity index (χ1) is 17.0. The molecular formula is C25H25ClN4O5. The number of anilines is 1. The molecule has 2 heterocycles.